The van der Waals surface area contributed by atoms with Crippen LogP contribution in [-0.4, -0.2) is 24.7 Å². The normalized spacial score (nSPS) is 11.1. The van der Waals surface area contributed by atoms with Crippen LogP contribution >= 0.6 is 23.2 Å². The lowest BCUT2D eigenvalue weighted by Crippen LogP contribution is -2.16. The first-order chi connectivity index (χ1) is 18.4. The quantitative estimate of drug-likeness (QED) is 0.0647. The highest BCUT2D eigenvalue weighted by Crippen LogP contribution is 2.30. The smallest absolute Gasteiger partial charge is 0.345 e. The van der Waals surface area contributed by atoms with Crippen LogP contribution in [-0.2, 0) is 4.79 Å². The second kappa shape index (κ2) is 18.6. The van der Waals surface area contributed by atoms with Crippen molar-refractivity contribution in [2.45, 2.75) is 90.9 Å². The molecule has 38 heavy (non-hydrogen) atoms. The molecule has 0 saturated carbocycles. The summed E-state index contributed by atoms with van der Waals surface area (Å²) in [5, 5.41) is 4.68. The standard InChI is InChI=1S/C30H40Cl2N2O4/c1-3-5-6-7-8-9-10-11-12-13-14-15-29(35)34-33-22-23-16-19-27(28(20-23)37-4-2)38-30(36)25-18-17-24(31)21-26(25)32/h16-22H,3-15H2,1-2H3,(H,34,35)/b33-22+. The van der Waals surface area contributed by atoms with Crippen molar-refractivity contribution in [1.82, 2.24) is 5.43 Å². The minimum Gasteiger partial charge on any atom is -0.490 e. The summed E-state index contributed by atoms with van der Waals surface area (Å²) in [6, 6.07) is 9.57. The predicted octanol–water partition coefficient (Wildman–Crippen LogP) is 8.76. The fourth-order valence-corrected chi connectivity index (χ4v) is 4.44. The van der Waals surface area contributed by atoms with Gasteiger partial charge in [0, 0.05) is 11.4 Å². The van der Waals surface area contributed by atoms with Gasteiger partial charge in [-0.2, -0.15) is 5.10 Å². The number of benzene rings is 2. The molecule has 1 N–H and O–H groups in total. The Morgan fingerprint density at radius 2 is 1.50 bits per heavy atom. The van der Waals surface area contributed by atoms with E-state index in [1.807, 2.05) is 6.92 Å². The Bertz CT molecular complexity index is 1040. The summed E-state index contributed by atoms with van der Waals surface area (Å²) in [6.45, 7) is 4.45. The zero-order valence-electron chi connectivity index (χ0n) is 22.6. The number of amides is 1. The molecule has 8 heteroatoms. The molecule has 0 heterocycles. The number of hydrogen-bond donors (Lipinski definition) is 1. The van der Waals surface area contributed by atoms with Gasteiger partial charge in [-0.15, -0.1) is 0 Å². The minimum atomic E-state index is -0.622. The molecular formula is C30H40Cl2N2O4. The van der Waals surface area contributed by atoms with E-state index in [0.717, 1.165) is 12.8 Å². The fourth-order valence-electron chi connectivity index (χ4n) is 3.95. The third kappa shape index (κ3) is 12.3. The Morgan fingerprint density at radius 3 is 2.13 bits per heavy atom. The lowest BCUT2D eigenvalue weighted by molar-refractivity contribution is -0.121. The Kier molecular flexibility index (Phi) is 15.5. The highest BCUT2D eigenvalue weighted by atomic mass is 35.5. The number of hydrazone groups is 1. The molecule has 0 fully saturated rings. The zero-order valence-corrected chi connectivity index (χ0v) is 24.1. The van der Waals surface area contributed by atoms with Crippen molar-refractivity contribution in [2.75, 3.05) is 6.61 Å². The SMILES string of the molecule is CCCCCCCCCCCCCC(=O)N/N=C/c1ccc(OC(=O)c2ccc(Cl)cc2Cl)c(OCC)c1. The third-order valence-corrected chi connectivity index (χ3v) is 6.58. The average molecular weight is 564 g/mol. The van der Waals surface area contributed by atoms with Crippen LogP contribution in [0.3, 0.4) is 0 Å². The van der Waals surface area contributed by atoms with Crippen LogP contribution in [0.2, 0.25) is 10.0 Å². The van der Waals surface area contributed by atoms with Gasteiger partial charge in [-0.05, 0) is 55.3 Å². The van der Waals surface area contributed by atoms with E-state index < -0.39 is 5.97 Å². The minimum absolute atomic E-state index is 0.104. The monoisotopic (exact) mass is 562 g/mol. The Labute approximate surface area is 237 Å². The van der Waals surface area contributed by atoms with Gasteiger partial charge >= 0.3 is 5.97 Å². The molecule has 0 bridgehead atoms. The first-order valence-electron chi connectivity index (χ1n) is 13.7. The number of esters is 1. The number of unbranched alkanes of at least 4 members (excludes halogenated alkanes) is 10. The largest absolute Gasteiger partial charge is 0.490 e. The zero-order chi connectivity index (χ0) is 27.6. The molecule has 6 nitrogen and oxygen atoms in total. The third-order valence-electron chi connectivity index (χ3n) is 6.03. The lowest BCUT2D eigenvalue weighted by Gasteiger charge is -2.12. The van der Waals surface area contributed by atoms with E-state index in [1.54, 1.807) is 24.3 Å². The molecule has 208 valence electrons. The van der Waals surface area contributed by atoms with Crippen LogP contribution in [0.1, 0.15) is 107 Å². The molecule has 0 radical (unpaired) electrons. The summed E-state index contributed by atoms with van der Waals surface area (Å²) in [4.78, 5) is 24.7. The van der Waals surface area contributed by atoms with E-state index in [2.05, 4.69) is 17.5 Å². The van der Waals surface area contributed by atoms with Gasteiger partial charge in [-0.25, -0.2) is 10.2 Å². The van der Waals surface area contributed by atoms with E-state index in [1.165, 1.54) is 76.1 Å². The maximum absolute atomic E-state index is 12.6. The summed E-state index contributed by atoms with van der Waals surface area (Å²) in [5.41, 5.74) is 3.46. The molecule has 2 aromatic rings. The second-order valence-electron chi connectivity index (χ2n) is 9.23. The van der Waals surface area contributed by atoms with Crippen LogP contribution in [0.4, 0.5) is 0 Å². The number of nitrogens with zero attached hydrogens (tertiary/aromatic N) is 1. The van der Waals surface area contributed by atoms with Gasteiger partial charge in [0.2, 0.25) is 5.91 Å². The number of hydrogen-bond acceptors (Lipinski definition) is 5. The van der Waals surface area contributed by atoms with Crippen molar-refractivity contribution in [3.8, 4) is 11.5 Å². The highest BCUT2D eigenvalue weighted by Gasteiger charge is 2.16. The van der Waals surface area contributed by atoms with E-state index in [4.69, 9.17) is 32.7 Å². The van der Waals surface area contributed by atoms with Gasteiger partial charge in [0.25, 0.3) is 0 Å². The second-order valence-corrected chi connectivity index (χ2v) is 10.1. The molecule has 1 amide bonds. The Balaban J connectivity index is 1.74. The number of halogens is 2. The van der Waals surface area contributed by atoms with E-state index in [0.29, 0.717) is 29.4 Å². The first-order valence-corrected chi connectivity index (χ1v) is 14.5. The van der Waals surface area contributed by atoms with Crippen molar-refractivity contribution in [3.63, 3.8) is 0 Å². The van der Waals surface area contributed by atoms with Gasteiger partial charge in [-0.1, -0.05) is 94.3 Å². The molecule has 2 aromatic carbocycles. The topological polar surface area (TPSA) is 77.0 Å². The number of carbonyl (C=O) groups is 2. The first kappa shape index (κ1) is 31.6. The molecular weight excluding hydrogens is 523 g/mol. The van der Waals surface area contributed by atoms with Crippen molar-refractivity contribution in [2.24, 2.45) is 5.10 Å². The number of ether oxygens (including phenoxy) is 2. The van der Waals surface area contributed by atoms with E-state index >= 15 is 0 Å². The van der Waals surface area contributed by atoms with Gasteiger partial charge < -0.3 is 9.47 Å². The summed E-state index contributed by atoms with van der Waals surface area (Å²) in [7, 11) is 0. The van der Waals surface area contributed by atoms with Crippen LogP contribution in [0, 0.1) is 0 Å². The maximum atomic E-state index is 12.6. The van der Waals surface area contributed by atoms with Crippen LogP contribution in [0.5, 0.6) is 11.5 Å². The molecule has 0 aromatic heterocycles. The summed E-state index contributed by atoms with van der Waals surface area (Å²) < 4.78 is 11.1. The maximum Gasteiger partial charge on any atom is 0.345 e. The van der Waals surface area contributed by atoms with Gasteiger partial charge in [-0.3, -0.25) is 4.79 Å². The van der Waals surface area contributed by atoms with Gasteiger partial charge in [0.15, 0.2) is 11.5 Å². The van der Waals surface area contributed by atoms with E-state index in [9.17, 15) is 9.59 Å². The molecule has 0 unspecified atom stereocenters. The molecule has 0 saturated heterocycles. The predicted molar refractivity (Wildman–Crippen MR) is 156 cm³/mol. The van der Waals surface area contributed by atoms with Crippen molar-refractivity contribution in [1.29, 1.82) is 0 Å². The molecule has 0 atom stereocenters. The van der Waals surface area contributed by atoms with Gasteiger partial charge in [0.05, 0.1) is 23.4 Å². The summed E-state index contributed by atoms with van der Waals surface area (Å²) in [5.74, 6) is -0.0981. The summed E-state index contributed by atoms with van der Waals surface area (Å²) >= 11 is 12.0. The number of carbonyl (C=O) groups excluding carboxylic acids is 2. The fraction of sp³-hybridized carbons (Fsp3) is 0.500. The molecule has 0 spiro atoms. The van der Waals surface area contributed by atoms with E-state index in [-0.39, 0.29) is 22.2 Å². The van der Waals surface area contributed by atoms with Gasteiger partial charge in [0.1, 0.15) is 0 Å². The Morgan fingerprint density at radius 1 is 0.842 bits per heavy atom. The van der Waals surface area contributed by atoms with Crippen molar-refractivity contribution >= 4 is 41.3 Å². The lowest BCUT2D eigenvalue weighted by atomic mass is 10.1. The number of nitrogens with one attached hydrogen (secondary N) is 1. The Hall–Kier alpha value is -2.57. The average Bonchev–Trinajstić information content (AvgIpc) is 2.88. The molecule has 0 aliphatic rings. The van der Waals surface area contributed by atoms with Crippen molar-refractivity contribution < 1.29 is 19.1 Å². The number of rotatable bonds is 18. The molecule has 0 aliphatic heterocycles. The van der Waals surface area contributed by atoms with Crippen LogP contribution < -0.4 is 14.9 Å². The molecule has 0 aliphatic carbocycles. The summed E-state index contributed by atoms with van der Waals surface area (Å²) in [6.07, 6.45) is 15.7. The van der Waals surface area contributed by atoms with Crippen molar-refractivity contribution in [3.05, 3.63) is 57.6 Å². The molecule has 2 rings (SSSR count). The van der Waals surface area contributed by atoms with Crippen LogP contribution in [0.15, 0.2) is 41.5 Å². The highest BCUT2D eigenvalue weighted by molar-refractivity contribution is 6.36. The van der Waals surface area contributed by atoms with Crippen LogP contribution in [0.25, 0.3) is 0 Å².